The van der Waals surface area contributed by atoms with Crippen molar-refractivity contribution in [3.05, 3.63) is 28.2 Å². The summed E-state index contributed by atoms with van der Waals surface area (Å²) in [4.78, 5) is 0. The van der Waals surface area contributed by atoms with Crippen LogP contribution in [-0.4, -0.2) is 13.0 Å². The van der Waals surface area contributed by atoms with E-state index >= 15 is 0 Å². The number of ether oxygens (including phenoxy) is 1. The van der Waals surface area contributed by atoms with Crippen LogP contribution in [0.1, 0.15) is 12.0 Å². The molecule has 0 aliphatic rings. The molecular formula is C10H12BrClO. The van der Waals surface area contributed by atoms with Gasteiger partial charge in [-0.2, -0.15) is 0 Å². The third-order valence-electron chi connectivity index (χ3n) is 1.82. The van der Waals surface area contributed by atoms with E-state index in [0.717, 1.165) is 23.1 Å². The van der Waals surface area contributed by atoms with Crippen molar-refractivity contribution in [2.45, 2.75) is 12.8 Å². The van der Waals surface area contributed by atoms with E-state index in [1.165, 1.54) is 5.56 Å². The van der Waals surface area contributed by atoms with Gasteiger partial charge in [0.15, 0.2) is 0 Å². The van der Waals surface area contributed by atoms with Gasteiger partial charge in [0, 0.05) is 10.4 Å². The largest absolute Gasteiger partial charge is 0.496 e. The Morgan fingerprint density at radius 3 is 2.85 bits per heavy atom. The highest BCUT2D eigenvalue weighted by Crippen LogP contribution is 2.24. The van der Waals surface area contributed by atoms with Gasteiger partial charge in [-0.05, 0) is 36.6 Å². The van der Waals surface area contributed by atoms with Gasteiger partial charge in [0.05, 0.1) is 7.11 Å². The number of benzene rings is 1. The quantitative estimate of drug-likeness (QED) is 0.754. The number of halogens is 2. The van der Waals surface area contributed by atoms with Gasteiger partial charge in [0.1, 0.15) is 5.75 Å². The van der Waals surface area contributed by atoms with E-state index in [2.05, 4.69) is 22.0 Å². The Balaban J connectivity index is 2.81. The molecule has 0 saturated heterocycles. The number of rotatable bonds is 4. The molecule has 1 rings (SSSR count). The molecule has 0 atom stereocenters. The number of methoxy groups -OCH3 is 1. The average Bonchev–Trinajstić information content (AvgIpc) is 2.15. The number of hydrogen-bond donors (Lipinski definition) is 0. The summed E-state index contributed by atoms with van der Waals surface area (Å²) < 4.78 is 6.31. The van der Waals surface area contributed by atoms with Gasteiger partial charge in [-0.15, -0.1) is 11.6 Å². The maximum Gasteiger partial charge on any atom is 0.122 e. The van der Waals surface area contributed by atoms with Crippen LogP contribution >= 0.6 is 27.5 Å². The molecule has 0 aliphatic carbocycles. The van der Waals surface area contributed by atoms with E-state index in [-0.39, 0.29) is 0 Å². The van der Waals surface area contributed by atoms with Gasteiger partial charge in [0.25, 0.3) is 0 Å². The summed E-state index contributed by atoms with van der Waals surface area (Å²) in [5, 5.41) is 0. The van der Waals surface area contributed by atoms with Crippen LogP contribution in [0.5, 0.6) is 5.75 Å². The lowest BCUT2D eigenvalue weighted by Gasteiger charge is -2.07. The predicted octanol–water partition coefficient (Wildman–Crippen LogP) is 3.63. The van der Waals surface area contributed by atoms with Crippen molar-refractivity contribution in [3.8, 4) is 5.75 Å². The first-order valence-corrected chi connectivity index (χ1v) is 5.49. The summed E-state index contributed by atoms with van der Waals surface area (Å²) in [5.74, 6) is 1.63. The molecule has 72 valence electrons. The summed E-state index contributed by atoms with van der Waals surface area (Å²) >= 11 is 9.06. The van der Waals surface area contributed by atoms with Crippen LogP contribution in [0.2, 0.25) is 0 Å². The number of hydrogen-bond acceptors (Lipinski definition) is 1. The van der Waals surface area contributed by atoms with Crippen LogP contribution in [0.25, 0.3) is 0 Å². The van der Waals surface area contributed by atoms with E-state index in [4.69, 9.17) is 16.3 Å². The van der Waals surface area contributed by atoms with Crippen LogP contribution in [0.4, 0.5) is 0 Å². The second-order valence-electron chi connectivity index (χ2n) is 2.75. The van der Waals surface area contributed by atoms with Crippen molar-refractivity contribution in [1.82, 2.24) is 0 Å². The predicted molar refractivity (Wildman–Crippen MR) is 59.7 cm³/mol. The molecule has 0 aliphatic heterocycles. The summed E-state index contributed by atoms with van der Waals surface area (Å²) in [6, 6.07) is 6.02. The van der Waals surface area contributed by atoms with Crippen LogP contribution in [0.15, 0.2) is 22.7 Å². The van der Waals surface area contributed by atoms with Gasteiger partial charge in [-0.1, -0.05) is 15.9 Å². The van der Waals surface area contributed by atoms with Crippen molar-refractivity contribution in [2.24, 2.45) is 0 Å². The average molecular weight is 264 g/mol. The second kappa shape index (κ2) is 5.51. The minimum Gasteiger partial charge on any atom is -0.496 e. The summed E-state index contributed by atoms with van der Waals surface area (Å²) in [7, 11) is 1.69. The van der Waals surface area contributed by atoms with Crippen molar-refractivity contribution in [2.75, 3.05) is 13.0 Å². The fraction of sp³-hybridized carbons (Fsp3) is 0.400. The Bertz CT molecular complexity index is 276. The molecular weight excluding hydrogens is 251 g/mol. The smallest absolute Gasteiger partial charge is 0.122 e. The Morgan fingerprint density at radius 1 is 1.46 bits per heavy atom. The van der Waals surface area contributed by atoms with Crippen LogP contribution < -0.4 is 4.74 Å². The van der Waals surface area contributed by atoms with Crippen molar-refractivity contribution in [1.29, 1.82) is 0 Å². The monoisotopic (exact) mass is 262 g/mol. The molecule has 1 nitrogen and oxygen atoms in total. The van der Waals surface area contributed by atoms with Crippen LogP contribution in [0.3, 0.4) is 0 Å². The summed E-state index contributed by atoms with van der Waals surface area (Å²) in [5.41, 5.74) is 1.21. The molecule has 0 fully saturated rings. The second-order valence-corrected chi connectivity index (χ2v) is 4.04. The maximum atomic E-state index is 5.63. The lowest BCUT2D eigenvalue weighted by molar-refractivity contribution is 0.409. The standard InChI is InChI=1S/C10H12BrClO/c1-13-10-5-4-9(11)7-8(10)3-2-6-12/h4-5,7H,2-3,6H2,1H3. The lowest BCUT2D eigenvalue weighted by atomic mass is 10.1. The molecule has 1 aromatic carbocycles. The Labute approximate surface area is 92.2 Å². The molecule has 0 heterocycles. The normalized spacial score (nSPS) is 10.1. The molecule has 0 unspecified atom stereocenters. The minimum absolute atomic E-state index is 0.690. The van der Waals surface area contributed by atoms with Crippen molar-refractivity contribution < 1.29 is 4.74 Å². The van der Waals surface area contributed by atoms with Gasteiger partial charge in [0.2, 0.25) is 0 Å². The first-order chi connectivity index (χ1) is 6.27. The molecule has 0 radical (unpaired) electrons. The SMILES string of the molecule is COc1ccc(Br)cc1CCCCl. The molecule has 0 spiro atoms. The molecule has 0 amide bonds. The summed E-state index contributed by atoms with van der Waals surface area (Å²) in [6.45, 7) is 0. The molecule has 0 N–H and O–H groups in total. The van der Waals surface area contributed by atoms with Crippen molar-refractivity contribution >= 4 is 27.5 Å². The van der Waals surface area contributed by atoms with Gasteiger partial charge >= 0.3 is 0 Å². The van der Waals surface area contributed by atoms with E-state index in [1.54, 1.807) is 7.11 Å². The Morgan fingerprint density at radius 2 is 2.23 bits per heavy atom. The van der Waals surface area contributed by atoms with Gasteiger partial charge in [-0.3, -0.25) is 0 Å². The number of alkyl halides is 1. The summed E-state index contributed by atoms with van der Waals surface area (Å²) in [6.07, 6.45) is 1.94. The third-order valence-corrected chi connectivity index (χ3v) is 2.58. The van der Waals surface area contributed by atoms with E-state index in [0.29, 0.717) is 5.88 Å². The molecule has 0 saturated carbocycles. The van der Waals surface area contributed by atoms with Crippen LogP contribution in [-0.2, 0) is 6.42 Å². The fourth-order valence-electron chi connectivity index (χ4n) is 1.20. The van der Waals surface area contributed by atoms with E-state index < -0.39 is 0 Å². The highest BCUT2D eigenvalue weighted by Gasteiger charge is 2.02. The lowest BCUT2D eigenvalue weighted by Crippen LogP contribution is -1.92. The fourth-order valence-corrected chi connectivity index (χ4v) is 1.74. The van der Waals surface area contributed by atoms with Crippen LogP contribution in [0, 0.1) is 0 Å². The highest BCUT2D eigenvalue weighted by molar-refractivity contribution is 9.10. The zero-order valence-corrected chi connectivity index (χ0v) is 9.86. The maximum absolute atomic E-state index is 5.63. The zero-order chi connectivity index (χ0) is 9.68. The van der Waals surface area contributed by atoms with Crippen molar-refractivity contribution in [3.63, 3.8) is 0 Å². The topological polar surface area (TPSA) is 9.23 Å². The first kappa shape index (κ1) is 10.9. The zero-order valence-electron chi connectivity index (χ0n) is 7.52. The van der Waals surface area contributed by atoms with Gasteiger partial charge < -0.3 is 4.74 Å². The molecule has 13 heavy (non-hydrogen) atoms. The first-order valence-electron chi connectivity index (χ1n) is 4.16. The Hall–Kier alpha value is -0.210. The molecule has 0 aromatic heterocycles. The molecule has 1 aromatic rings. The minimum atomic E-state index is 0.690. The molecule has 0 bridgehead atoms. The van der Waals surface area contributed by atoms with E-state index in [1.807, 2.05) is 12.1 Å². The van der Waals surface area contributed by atoms with E-state index in [9.17, 15) is 0 Å². The Kier molecular flexibility index (Phi) is 4.60. The third kappa shape index (κ3) is 3.20. The van der Waals surface area contributed by atoms with Gasteiger partial charge in [-0.25, -0.2) is 0 Å². The number of aryl methyl sites for hydroxylation is 1. The highest BCUT2D eigenvalue weighted by atomic mass is 79.9. The molecule has 3 heteroatoms.